The van der Waals surface area contributed by atoms with Crippen molar-refractivity contribution in [2.75, 3.05) is 17.2 Å². The first-order valence-electron chi connectivity index (χ1n) is 6.96. The lowest BCUT2D eigenvalue weighted by Crippen LogP contribution is -2.32. The Kier molecular flexibility index (Phi) is 4.86. The van der Waals surface area contributed by atoms with E-state index in [1.54, 1.807) is 23.1 Å². The van der Waals surface area contributed by atoms with Crippen molar-refractivity contribution in [3.63, 3.8) is 0 Å². The lowest BCUT2D eigenvalue weighted by molar-refractivity contribution is 0.0986. The van der Waals surface area contributed by atoms with Gasteiger partial charge in [-0.2, -0.15) is 0 Å². The van der Waals surface area contributed by atoms with Gasteiger partial charge in [-0.1, -0.05) is 24.6 Å². The average molecular weight is 303 g/mol. The molecule has 3 nitrogen and oxygen atoms in total. The standard InChI is InChI=1S/C17H19ClN2O/c1-3-9-20(15-6-4-5-14(19)11-15)17(21)16-8-7-13(18)10-12(16)2/h4-8,10-11H,3,9,19H2,1-2H3. The largest absolute Gasteiger partial charge is 0.399 e. The van der Waals surface area contributed by atoms with Crippen LogP contribution in [0.4, 0.5) is 11.4 Å². The first-order chi connectivity index (χ1) is 10.0. The first kappa shape index (κ1) is 15.4. The van der Waals surface area contributed by atoms with Crippen molar-refractivity contribution in [2.45, 2.75) is 20.3 Å². The molecule has 1 amide bonds. The van der Waals surface area contributed by atoms with Crippen LogP contribution in [0.2, 0.25) is 5.02 Å². The fraction of sp³-hybridized carbons (Fsp3) is 0.235. The van der Waals surface area contributed by atoms with Crippen molar-refractivity contribution in [3.05, 3.63) is 58.6 Å². The van der Waals surface area contributed by atoms with Gasteiger partial charge in [-0.3, -0.25) is 4.79 Å². The smallest absolute Gasteiger partial charge is 0.258 e. The summed E-state index contributed by atoms with van der Waals surface area (Å²) in [6.45, 7) is 4.58. The molecule has 0 saturated heterocycles. The molecule has 0 aromatic heterocycles. The summed E-state index contributed by atoms with van der Waals surface area (Å²) in [6, 6.07) is 12.7. The van der Waals surface area contributed by atoms with Crippen molar-refractivity contribution in [3.8, 4) is 0 Å². The predicted molar refractivity (Wildman–Crippen MR) is 89.0 cm³/mol. The fourth-order valence-electron chi connectivity index (χ4n) is 2.28. The van der Waals surface area contributed by atoms with Crippen molar-refractivity contribution < 1.29 is 4.79 Å². The maximum atomic E-state index is 12.8. The lowest BCUT2D eigenvalue weighted by atomic mass is 10.1. The maximum Gasteiger partial charge on any atom is 0.258 e. The van der Waals surface area contributed by atoms with E-state index in [4.69, 9.17) is 17.3 Å². The van der Waals surface area contributed by atoms with Gasteiger partial charge in [-0.25, -0.2) is 0 Å². The average Bonchev–Trinajstić information content (AvgIpc) is 2.44. The Bertz CT molecular complexity index is 655. The highest BCUT2D eigenvalue weighted by Crippen LogP contribution is 2.23. The number of carbonyl (C=O) groups is 1. The van der Waals surface area contributed by atoms with Gasteiger partial charge in [-0.05, 0) is 55.3 Å². The van der Waals surface area contributed by atoms with E-state index < -0.39 is 0 Å². The Morgan fingerprint density at radius 2 is 2.00 bits per heavy atom. The number of rotatable bonds is 4. The van der Waals surface area contributed by atoms with Gasteiger partial charge < -0.3 is 10.6 Å². The molecule has 0 saturated carbocycles. The van der Waals surface area contributed by atoms with Crippen LogP contribution in [0.25, 0.3) is 0 Å². The second-order valence-electron chi connectivity index (χ2n) is 5.01. The molecule has 0 spiro atoms. The third kappa shape index (κ3) is 3.56. The number of nitrogen functional groups attached to an aromatic ring is 1. The number of carbonyl (C=O) groups excluding carboxylic acids is 1. The van der Waals surface area contributed by atoms with Crippen LogP contribution in [0, 0.1) is 6.92 Å². The number of amides is 1. The molecule has 4 heteroatoms. The zero-order valence-electron chi connectivity index (χ0n) is 12.3. The molecule has 0 aliphatic carbocycles. The Balaban J connectivity index is 2.40. The minimum Gasteiger partial charge on any atom is -0.399 e. The van der Waals surface area contributed by atoms with Crippen molar-refractivity contribution >= 4 is 28.9 Å². The summed E-state index contributed by atoms with van der Waals surface area (Å²) in [5.74, 6) is -0.0309. The van der Waals surface area contributed by atoms with E-state index in [-0.39, 0.29) is 5.91 Å². The molecule has 0 bridgehead atoms. The molecule has 2 aromatic carbocycles. The van der Waals surface area contributed by atoms with Gasteiger partial charge in [0.25, 0.3) is 5.91 Å². The highest BCUT2D eigenvalue weighted by Gasteiger charge is 2.19. The predicted octanol–water partition coefficient (Wildman–Crippen LogP) is 4.29. The summed E-state index contributed by atoms with van der Waals surface area (Å²) in [5.41, 5.74) is 8.82. The second kappa shape index (κ2) is 6.64. The number of nitrogens with zero attached hydrogens (tertiary/aromatic N) is 1. The van der Waals surface area contributed by atoms with Gasteiger partial charge in [0.1, 0.15) is 0 Å². The van der Waals surface area contributed by atoms with E-state index in [2.05, 4.69) is 0 Å². The molecule has 0 fully saturated rings. The maximum absolute atomic E-state index is 12.8. The topological polar surface area (TPSA) is 46.3 Å². The van der Waals surface area contributed by atoms with Gasteiger partial charge in [0.2, 0.25) is 0 Å². The molecule has 0 heterocycles. The summed E-state index contributed by atoms with van der Waals surface area (Å²) >= 11 is 5.96. The van der Waals surface area contributed by atoms with Gasteiger partial charge in [0.15, 0.2) is 0 Å². The van der Waals surface area contributed by atoms with Crippen LogP contribution in [0.1, 0.15) is 29.3 Å². The van der Waals surface area contributed by atoms with Crippen molar-refractivity contribution in [2.24, 2.45) is 0 Å². The normalized spacial score (nSPS) is 10.4. The molecule has 110 valence electrons. The molecule has 0 unspecified atom stereocenters. The number of hydrogen-bond acceptors (Lipinski definition) is 2. The quantitative estimate of drug-likeness (QED) is 0.857. The summed E-state index contributed by atoms with van der Waals surface area (Å²) in [5, 5.41) is 0.634. The molecule has 0 aliphatic heterocycles. The molecular formula is C17H19ClN2O. The van der Waals surface area contributed by atoms with Crippen LogP contribution in [0.15, 0.2) is 42.5 Å². The number of hydrogen-bond donors (Lipinski definition) is 1. The highest BCUT2D eigenvalue weighted by molar-refractivity contribution is 6.30. The van der Waals surface area contributed by atoms with Crippen LogP contribution >= 0.6 is 11.6 Å². The van der Waals surface area contributed by atoms with Crippen LogP contribution in [0.3, 0.4) is 0 Å². The number of halogens is 1. The number of nitrogens with two attached hydrogens (primary N) is 1. The molecule has 2 aromatic rings. The first-order valence-corrected chi connectivity index (χ1v) is 7.34. The van der Waals surface area contributed by atoms with E-state index in [9.17, 15) is 4.79 Å². The molecule has 0 radical (unpaired) electrons. The number of anilines is 2. The monoisotopic (exact) mass is 302 g/mol. The zero-order valence-corrected chi connectivity index (χ0v) is 13.0. The van der Waals surface area contributed by atoms with Gasteiger partial charge in [-0.15, -0.1) is 0 Å². The van der Waals surface area contributed by atoms with E-state index in [1.807, 2.05) is 38.1 Å². The van der Waals surface area contributed by atoms with Crippen LogP contribution in [-0.4, -0.2) is 12.5 Å². The Labute approximate surface area is 130 Å². The minimum absolute atomic E-state index is 0.0309. The zero-order chi connectivity index (χ0) is 15.4. The Hall–Kier alpha value is -2.00. The second-order valence-corrected chi connectivity index (χ2v) is 5.45. The van der Waals surface area contributed by atoms with Crippen molar-refractivity contribution in [1.29, 1.82) is 0 Å². The molecular weight excluding hydrogens is 284 g/mol. The SMILES string of the molecule is CCCN(C(=O)c1ccc(Cl)cc1C)c1cccc(N)c1. The molecule has 0 atom stereocenters. The molecule has 0 aliphatic rings. The molecule has 2 rings (SSSR count). The summed E-state index contributed by atoms with van der Waals surface area (Å²) < 4.78 is 0. The molecule has 21 heavy (non-hydrogen) atoms. The minimum atomic E-state index is -0.0309. The van der Waals surface area contributed by atoms with E-state index in [0.29, 0.717) is 22.8 Å². The Morgan fingerprint density at radius 1 is 1.24 bits per heavy atom. The Morgan fingerprint density at radius 3 is 2.62 bits per heavy atom. The lowest BCUT2D eigenvalue weighted by Gasteiger charge is -2.23. The summed E-state index contributed by atoms with van der Waals surface area (Å²) in [6.07, 6.45) is 0.868. The fourth-order valence-corrected chi connectivity index (χ4v) is 2.50. The third-order valence-electron chi connectivity index (χ3n) is 3.29. The van der Waals surface area contributed by atoms with Crippen LogP contribution < -0.4 is 10.6 Å². The van der Waals surface area contributed by atoms with E-state index in [1.165, 1.54) is 0 Å². The van der Waals surface area contributed by atoms with Crippen LogP contribution in [-0.2, 0) is 0 Å². The van der Waals surface area contributed by atoms with E-state index >= 15 is 0 Å². The highest BCUT2D eigenvalue weighted by atomic mass is 35.5. The van der Waals surface area contributed by atoms with E-state index in [0.717, 1.165) is 17.7 Å². The summed E-state index contributed by atoms with van der Waals surface area (Å²) in [4.78, 5) is 14.6. The van der Waals surface area contributed by atoms with Gasteiger partial charge >= 0.3 is 0 Å². The van der Waals surface area contributed by atoms with Crippen LogP contribution in [0.5, 0.6) is 0 Å². The van der Waals surface area contributed by atoms with Crippen molar-refractivity contribution in [1.82, 2.24) is 0 Å². The molecule has 2 N–H and O–H groups in total. The number of aryl methyl sites for hydroxylation is 1. The summed E-state index contributed by atoms with van der Waals surface area (Å²) in [7, 11) is 0. The third-order valence-corrected chi connectivity index (χ3v) is 3.53. The van der Waals surface area contributed by atoms with Gasteiger partial charge in [0, 0.05) is 28.5 Å². The van der Waals surface area contributed by atoms with Gasteiger partial charge in [0.05, 0.1) is 0 Å². The number of benzene rings is 2.